The van der Waals surface area contributed by atoms with Crippen LogP contribution in [0.2, 0.25) is 0 Å². The molecule has 1 heterocycles. The second-order valence-corrected chi connectivity index (χ2v) is 6.19. The van der Waals surface area contributed by atoms with Gasteiger partial charge in [0, 0.05) is 16.7 Å². The maximum Gasteiger partial charge on any atom is 0.160 e. The fraction of sp³-hybridized carbons (Fsp3) is 0. The van der Waals surface area contributed by atoms with E-state index < -0.39 is 0 Å². The molecule has 5 heteroatoms. The number of nitrogens with two attached hydrogens (primary N) is 1. The summed E-state index contributed by atoms with van der Waals surface area (Å²) in [4.78, 5) is 9.42. The zero-order valence-corrected chi connectivity index (χ0v) is 15.0. The number of phenols is 1. The summed E-state index contributed by atoms with van der Waals surface area (Å²) in [6.45, 7) is 0. The maximum absolute atomic E-state index is 10.3. The Bertz CT molecular complexity index is 1070. The van der Waals surface area contributed by atoms with Crippen molar-refractivity contribution in [2.24, 2.45) is 10.9 Å². The molecule has 4 rings (SSSR count). The van der Waals surface area contributed by atoms with Gasteiger partial charge in [0.2, 0.25) is 0 Å². The molecule has 0 fully saturated rings. The van der Waals surface area contributed by atoms with Crippen LogP contribution in [0.5, 0.6) is 5.75 Å². The molecule has 0 aliphatic heterocycles. The first-order valence-corrected chi connectivity index (χ1v) is 8.83. The Balaban J connectivity index is 1.93. The Labute approximate surface area is 162 Å². The third-order valence-corrected chi connectivity index (χ3v) is 4.36. The van der Waals surface area contributed by atoms with Gasteiger partial charge in [-0.05, 0) is 18.2 Å². The molecule has 5 nitrogen and oxygen atoms in total. The molecule has 0 radical (unpaired) electrons. The number of aromatic hydroxyl groups is 1. The van der Waals surface area contributed by atoms with Gasteiger partial charge in [0.1, 0.15) is 11.5 Å². The topological polar surface area (TPSA) is 84.4 Å². The van der Waals surface area contributed by atoms with Gasteiger partial charge in [0.05, 0.1) is 11.4 Å². The van der Waals surface area contributed by atoms with Crippen molar-refractivity contribution < 1.29 is 5.11 Å². The summed E-state index contributed by atoms with van der Waals surface area (Å²) in [5.41, 5.74) is 4.04. The molecule has 0 aliphatic carbocycles. The van der Waals surface area contributed by atoms with E-state index in [1.165, 1.54) is 0 Å². The fourth-order valence-electron chi connectivity index (χ4n) is 2.99. The predicted molar refractivity (Wildman–Crippen MR) is 111 cm³/mol. The molecule has 0 atom stereocenters. The largest absolute Gasteiger partial charge is 0.507 e. The van der Waals surface area contributed by atoms with Crippen LogP contribution in [0.4, 0.5) is 0 Å². The van der Waals surface area contributed by atoms with Crippen LogP contribution >= 0.6 is 0 Å². The molecule has 0 spiro atoms. The Morgan fingerprint density at radius 3 is 2.00 bits per heavy atom. The van der Waals surface area contributed by atoms with Gasteiger partial charge in [-0.15, -0.1) is 0 Å². The molecule has 1 aromatic heterocycles. The predicted octanol–water partition coefficient (Wildman–Crippen LogP) is 4.23. The lowest BCUT2D eigenvalue weighted by Gasteiger charge is -2.11. The summed E-state index contributed by atoms with van der Waals surface area (Å²) < 4.78 is 0. The Hall–Kier alpha value is -3.99. The summed E-state index contributed by atoms with van der Waals surface area (Å²) in [6.07, 6.45) is 0. The number of benzene rings is 3. The zero-order chi connectivity index (χ0) is 19.3. The minimum atomic E-state index is 0.0906. The second kappa shape index (κ2) is 7.72. The van der Waals surface area contributed by atoms with Gasteiger partial charge in [-0.2, -0.15) is 5.10 Å². The smallest absolute Gasteiger partial charge is 0.160 e. The number of aromatic nitrogens is 2. The second-order valence-electron chi connectivity index (χ2n) is 6.19. The maximum atomic E-state index is 10.3. The molecular formula is C23H18N4O. The van der Waals surface area contributed by atoms with Gasteiger partial charge in [-0.25, -0.2) is 9.97 Å². The van der Waals surface area contributed by atoms with Crippen LogP contribution in [0.15, 0.2) is 96.1 Å². The van der Waals surface area contributed by atoms with Crippen LogP contribution in [0.1, 0.15) is 11.3 Å². The summed E-state index contributed by atoms with van der Waals surface area (Å²) in [7, 11) is 0. The van der Waals surface area contributed by atoms with E-state index in [9.17, 15) is 5.11 Å². The van der Waals surface area contributed by atoms with Gasteiger partial charge in [0.25, 0.3) is 0 Å². The SMILES string of the molecule is N/N=C(/c1cc(-c2ccccc2)nc(-c2ccccc2)n1)c1ccccc1O. The highest BCUT2D eigenvalue weighted by Crippen LogP contribution is 2.25. The lowest BCUT2D eigenvalue weighted by molar-refractivity contribution is 0.474. The van der Waals surface area contributed by atoms with Crippen molar-refractivity contribution in [2.75, 3.05) is 0 Å². The van der Waals surface area contributed by atoms with Crippen molar-refractivity contribution >= 4 is 5.71 Å². The summed E-state index contributed by atoms with van der Waals surface area (Å²) in [6, 6.07) is 28.3. The van der Waals surface area contributed by atoms with Gasteiger partial charge in [0.15, 0.2) is 5.82 Å². The quantitative estimate of drug-likeness (QED) is 0.322. The first kappa shape index (κ1) is 17.4. The van der Waals surface area contributed by atoms with Crippen LogP contribution in [-0.4, -0.2) is 20.8 Å². The van der Waals surface area contributed by atoms with Crippen LogP contribution in [0, 0.1) is 0 Å². The Kier molecular flexibility index (Phi) is 4.80. The molecule has 3 aromatic carbocycles. The average molecular weight is 366 g/mol. The van der Waals surface area contributed by atoms with Crippen molar-refractivity contribution in [3.63, 3.8) is 0 Å². The molecule has 0 aliphatic rings. The Morgan fingerprint density at radius 2 is 1.36 bits per heavy atom. The molecule has 28 heavy (non-hydrogen) atoms. The number of hydrogen-bond acceptors (Lipinski definition) is 5. The van der Waals surface area contributed by atoms with Crippen LogP contribution in [0.3, 0.4) is 0 Å². The molecule has 0 saturated heterocycles. The number of para-hydroxylation sites is 1. The van der Waals surface area contributed by atoms with E-state index in [2.05, 4.69) is 10.1 Å². The number of hydrogen-bond donors (Lipinski definition) is 2. The summed E-state index contributed by atoms with van der Waals surface area (Å²) in [5, 5.41) is 14.2. The van der Waals surface area contributed by atoms with Crippen molar-refractivity contribution in [3.05, 3.63) is 102 Å². The van der Waals surface area contributed by atoms with Gasteiger partial charge < -0.3 is 10.9 Å². The minimum Gasteiger partial charge on any atom is -0.507 e. The van der Waals surface area contributed by atoms with Crippen molar-refractivity contribution in [1.82, 2.24) is 9.97 Å². The number of hydrazone groups is 1. The molecule has 0 saturated carbocycles. The van der Waals surface area contributed by atoms with Gasteiger partial charge in [-0.3, -0.25) is 0 Å². The molecule has 0 bridgehead atoms. The number of nitrogens with zero attached hydrogens (tertiary/aromatic N) is 3. The Morgan fingerprint density at radius 1 is 0.750 bits per heavy atom. The molecule has 4 aromatic rings. The molecule has 3 N–H and O–H groups in total. The van der Waals surface area contributed by atoms with E-state index in [4.69, 9.17) is 10.8 Å². The highest BCUT2D eigenvalue weighted by molar-refractivity contribution is 6.13. The average Bonchev–Trinajstić information content (AvgIpc) is 2.77. The van der Waals surface area contributed by atoms with Gasteiger partial charge >= 0.3 is 0 Å². The third-order valence-electron chi connectivity index (χ3n) is 4.36. The van der Waals surface area contributed by atoms with E-state index in [0.29, 0.717) is 22.8 Å². The summed E-state index contributed by atoms with van der Waals surface area (Å²) >= 11 is 0. The van der Waals surface area contributed by atoms with Gasteiger partial charge in [-0.1, -0.05) is 72.8 Å². The van der Waals surface area contributed by atoms with Crippen molar-refractivity contribution in [1.29, 1.82) is 0 Å². The van der Waals surface area contributed by atoms with E-state index in [1.807, 2.05) is 72.8 Å². The molecule has 0 amide bonds. The monoisotopic (exact) mass is 366 g/mol. The third kappa shape index (κ3) is 3.46. The highest BCUT2D eigenvalue weighted by atomic mass is 16.3. The normalized spacial score (nSPS) is 11.4. The zero-order valence-electron chi connectivity index (χ0n) is 15.0. The van der Waals surface area contributed by atoms with E-state index in [0.717, 1.165) is 16.8 Å². The van der Waals surface area contributed by atoms with Crippen LogP contribution in [-0.2, 0) is 0 Å². The van der Waals surface area contributed by atoms with Crippen LogP contribution in [0.25, 0.3) is 22.6 Å². The van der Waals surface area contributed by atoms with Crippen LogP contribution < -0.4 is 5.84 Å². The standard InChI is InChI=1S/C23H18N4O/c24-27-22(18-13-7-8-14-21(18)28)20-15-19(16-9-3-1-4-10-16)25-23(26-20)17-11-5-2-6-12-17/h1-15,28H,24H2/b27-22+. The van der Waals surface area contributed by atoms with Crippen molar-refractivity contribution in [3.8, 4) is 28.4 Å². The van der Waals surface area contributed by atoms with E-state index in [-0.39, 0.29) is 5.75 Å². The van der Waals surface area contributed by atoms with E-state index in [1.54, 1.807) is 18.2 Å². The van der Waals surface area contributed by atoms with E-state index >= 15 is 0 Å². The van der Waals surface area contributed by atoms with Crippen molar-refractivity contribution in [2.45, 2.75) is 0 Å². The summed E-state index contributed by atoms with van der Waals surface area (Å²) in [5.74, 6) is 6.35. The molecule has 0 unspecified atom stereocenters. The number of rotatable bonds is 4. The molecule has 136 valence electrons. The first-order chi connectivity index (χ1) is 13.8. The highest BCUT2D eigenvalue weighted by Gasteiger charge is 2.16. The molecular weight excluding hydrogens is 348 g/mol. The number of phenolic OH excluding ortho intramolecular Hbond substituents is 1. The minimum absolute atomic E-state index is 0.0906. The lowest BCUT2D eigenvalue weighted by Crippen LogP contribution is -2.11. The first-order valence-electron chi connectivity index (χ1n) is 8.83. The lowest BCUT2D eigenvalue weighted by atomic mass is 10.0. The fourth-order valence-corrected chi connectivity index (χ4v) is 2.99.